The number of hydrogen-bond acceptors (Lipinski definition) is 3. The molecule has 0 radical (unpaired) electrons. The lowest BCUT2D eigenvalue weighted by atomic mass is 10.2. The van der Waals surface area contributed by atoms with Crippen LogP contribution in [0.1, 0.15) is 30.1 Å². The van der Waals surface area contributed by atoms with E-state index < -0.39 is 0 Å². The van der Waals surface area contributed by atoms with Crippen LogP contribution in [0.25, 0.3) is 0 Å². The third-order valence-electron chi connectivity index (χ3n) is 4.71. The van der Waals surface area contributed by atoms with E-state index in [1.165, 1.54) is 0 Å². The molecule has 0 aliphatic carbocycles. The van der Waals surface area contributed by atoms with E-state index in [-0.39, 0.29) is 11.8 Å². The molecule has 2 aromatic rings. The quantitative estimate of drug-likeness (QED) is 0.845. The van der Waals surface area contributed by atoms with E-state index in [0.29, 0.717) is 17.0 Å². The van der Waals surface area contributed by atoms with Crippen LogP contribution in [-0.4, -0.2) is 42.9 Å². The SMILES string of the molecule is CCCC(=O)N1CCN(c2ccc(NC(=O)c3ccccc3Cl)cc2)CC1. The standard InChI is InChI=1S/C21H24ClN3O2/c1-2-5-20(26)25-14-12-24(13-15-25)17-10-8-16(9-11-17)23-21(27)18-6-3-4-7-19(18)22/h3-4,6-11H,2,5,12-15H2,1H3,(H,23,27). The topological polar surface area (TPSA) is 52.7 Å². The second-order valence-electron chi connectivity index (χ2n) is 6.60. The van der Waals surface area contributed by atoms with Gasteiger partial charge in [-0.3, -0.25) is 9.59 Å². The number of nitrogens with one attached hydrogen (secondary N) is 1. The molecule has 1 N–H and O–H groups in total. The lowest BCUT2D eigenvalue weighted by Gasteiger charge is -2.36. The zero-order valence-corrected chi connectivity index (χ0v) is 16.2. The number of nitrogens with zero attached hydrogens (tertiary/aromatic N) is 2. The lowest BCUT2D eigenvalue weighted by molar-refractivity contribution is -0.131. The van der Waals surface area contributed by atoms with Crippen LogP contribution in [0.2, 0.25) is 5.02 Å². The Kier molecular flexibility index (Phi) is 6.35. The molecule has 2 aromatic carbocycles. The van der Waals surface area contributed by atoms with Crippen molar-refractivity contribution in [1.82, 2.24) is 4.90 Å². The van der Waals surface area contributed by atoms with Crippen molar-refractivity contribution in [2.24, 2.45) is 0 Å². The third-order valence-corrected chi connectivity index (χ3v) is 5.03. The fourth-order valence-corrected chi connectivity index (χ4v) is 3.41. The Morgan fingerprint density at radius 3 is 2.30 bits per heavy atom. The van der Waals surface area contributed by atoms with Gasteiger partial charge in [-0.15, -0.1) is 0 Å². The van der Waals surface area contributed by atoms with Crippen molar-refractivity contribution in [2.45, 2.75) is 19.8 Å². The molecule has 0 saturated carbocycles. The maximum Gasteiger partial charge on any atom is 0.257 e. The third kappa shape index (κ3) is 4.80. The zero-order valence-electron chi connectivity index (χ0n) is 15.5. The number of benzene rings is 2. The molecule has 1 aliphatic heterocycles. The number of carbonyl (C=O) groups excluding carboxylic acids is 2. The number of rotatable bonds is 5. The molecule has 5 nitrogen and oxygen atoms in total. The van der Waals surface area contributed by atoms with Gasteiger partial charge in [0.1, 0.15) is 0 Å². The minimum atomic E-state index is -0.226. The van der Waals surface area contributed by atoms with Gasteiger partial charge in [-0.2, -0.15) is 0 Å². The molecule has 0 aromatic heterocycles. The Balaban J connectivity index is 1.57. The number of amides is 2. The maximum absolute atomic E-state index is 12.3. The molecule has 1 saturated heterocycles. The molecule has 3 rings (SSSR count). The average molecular weight is 386 g/mol. The summed E-state index contributed by atoms with van der Waals surface area (Å²) in [6.45, 7) is 5.18. The van der Waals surface area contributed by atoms with Crippen LogP contribution in [0.4, 0.5) is 11.4 Å². The molecule has 0 atom stereocenters. The van der Waals surface area contributed by atoms with Gasteiger partial charge in [0.2, 0.25) is 5.91 Å². The minimum absolute atomic E-state index is 0.226. The molecule has 0 bridgehead atoms. The second-order valence-corrected chi connectivity index (χ2v) is 7.01. The van der Waals surface area contributed by atoms with Crippen LogP contribution in [0.15, 0.2) is 48.5 Å². The first kappa shape index (κ1) is 19.2. The summed E-state index contributed by atoms with van der Waals surface area (Å²) < 4.78 is 0. The van der Waals surface area contributed by atoms with Gasteiger partial charge in [-0.1, -0.05) is 30.7 Å². The summed E-state index contributed by atoms with van der Waals surface area (Å²) in [5.74, 6) is 0.0196. The predicted octanol–water partition coefficient (Wildman–Crippen LogP) is 4.04. The van der Waals surface area contributed by atoms with Gasteiger partial charge >= 0.3 is 0 Å². The van der Waals surface area contributed by atoms with Crippen molar-refractivity contribution in [3.05, 3.63) is 59.1 Å². The molecule has 0 unspecified atom stereocenters. The predicted molar refractivity (Wildman–Crippen MR) is 110 cm³/mol. The summed E-state index contributed by atoms with van der Waals surface area (Å²) in [5.41, 5.74) is 2.27. The molecule has 0 spiro atoms. The van der Waals surface area contributed by atoms with Crippen molar-refractivity contribution in [3.63, 3.8) is 0 Å². The van der Waals surface area contributed by atoms with Crippen molar-refractivity contribution < 1.29 is 9.59 Å². The van der Waals surface area contributed by atoms with E-state index in [4.69, 9.17) is 11.6 Å². The summed E-state index contributed by atoms with van der Waals surface area (Å²) in [6.07, 6.45) is 1.51. The van der Waals surface area contributed by atoms with Crippen LogP contribution in [0, 0.1) is 0 Å². The molecule has 2 amide bonds. The zero-order chi connectivity index (χ0) is 19.2. The van der Waals surface area contributed by atoms with Crippen LogP contribution in [0.3, 0.4) is 0 Å². The molecule has 6 heteroatoms. The highest BCUT2D eigenvalue weighted by Gasteiger charge is 2.20. The molecular formula is C21H24ClN3O2. The summed E-state index contributed by atoms with van der Waals surface area (Å²) in [4.78, 5) is 28.5. The average Bonchev–Trinajstić information content (AvgIpc) is 2.69. The fourth-order valence-electron chi connectivity index (χ4n) is 3.19. The Morgan fingerprint density at radius 2 is 1.67 bits per heavy atom. The highest BCUT2D eigenvalue weighted by Crippen LogP contribution is 2.21. The first-order valence-corrected chi connectivity index (χ1v) is 9.65. The minimum Gasteiger partial charge on any atom is -0.368 e. The van der Waals surface area contributed by atoms with Gasteiger partial charge in [-0.05, 0) is 42.8 Å². The van der Waals surface area contributed by atoms with Crippen LogP contribution in [0.5, 0.6) is 0 Å². The molecule has 1 heterocycles. The first-order chi connectivity index (χ1) is 13.1. The molecule has 27 heavy (non-hydrogen) atoms. The van der Waals surface area contributed by atoms with Crippen molar-refractivity contribution in [3.8, 4) is 0 Å². The number of hydrogen-bond donors (Lipinski definition) is 1. The molecule has 142 valence electrons. The van der Waals surface area contributed by atoms with Gasteiger partial charge in [0, 0.05) is 44.0 Å². The normalized spacial score (nSPS) is 14.1. The van der Waals surface area contributed by atoms with E-state index in [9.17, 15) is 9.59 Å². The van der Waals surface area contributed by atoms with E-state index in [2.05, 4.69) is 10.2 Å². The van der Waals surface area contributed by atoms with Gasteiger partial charge in [0.05, 0.1) is 10.6 Å². The number of piperazine rings is 1. The van der Waals surface area contributed by atoms with E-state index in [1.54, 1.807) is 24.3 Å². The van der Waals surface area contributed by atoms with Crippen molar-refractivity contribution >= 4 is 34.8 Å². The Hall–Kier alpha value is -2.53. The first-order valence-electron chi connectivity index (χ1n) is 9.27. The smallest absolute Gasteiger partial charge is 0.257 e. The number of halogens is 1. The second kappa shape index (κ2) is 8.91. The number of carbonyl (C=O) groups is 2. The lowest BCUT2D eigenvalue weighted by Crippen LogP contribution is -2.48. The van der Waals surface area contributed by atoms with Crippen molar-refractivity contribution in [1.29, 1.82) is 0 Å². The van der Waals surface area contributed by atoms with Crippen LogP contribution in [-0.2, 0) is 4.79 Å². The van der Waals surface area contributed by atoms with Gasteiger partial charge in [-0.25, -0.2) is 0 Å². The molecule has 1 aliphatic rings. The highest BCUT2D eigenvalue weighted by molar-refractivity contribution is 6.34. The Morgan fingerprint density at radius 1 is 1.00 bits per heavy atom. The Labute approximate surface area is 164 Å². The molecule has 1 fully saturated rings. The largest absolute Gasteiger partial charge is 0.368 e. The summed E-state index contributed by atoms with van der Waals surface area (Å²) >= 11 is 6.07. The molecular weight excluding hydrogens is 362 g/mol. The maximum atomic E-state index is 12.3. The van der Waals surface area contributed by atoms with E-state index in [0.717, 1.165) is 44.0 Å². The van der Waals surface area contributed by atoms with E-state index >= 15 is 0 Å². The number of anilines is 2. The highest BCUT2D eigenvalue weighted by atomic mass is 35.5. The van der Waals surface area contributed by atoms with Gasteiger partial charge in [0.15, 0.2) is 0 Å². The van der Waals surface area contributed by atoms with Gasteiger partial charge in [0.25, 0.3) is 5.91 Å². The summed E-state index contributed by atoms with van der Waals surface area (Å²) in [7, 11) is 0. The van der Waals surface area contributed by atoms with Crippen LogP contribution >= 0.6 is 11.6 Å². The van der Waals surface area contributed by atoms with Crippen LogP contribution < -0.4 is 10.2 Å². The fraction of sp³-hybridized carbons (Fsp3) is 0.333. The summed E-state index contributed by atoms with van der Waals surface area (Å²) in [6, 6.07) is 14.7. The Bertz CT molecular complexity index is 799. The monoisotopic (exact) mass is 385 g/mol. The van der Waals surface area contributed by atoms with Crippen molar-refractivity contribution in [2.75, 3.05) is 36.4 Å². The summed E-state index contributed by atoms with van der Waals surface area (Å²) in [5, 5.41) is 3.30. The van der Waals surface area contributed by atoms with Gasteiger partial charge < -0.3 is 15.1 Å². The van der Waals surface area contributed by atoms with E-state index in [1.807, 2.05) is 36.1 Å².